The van der Waals surface area contributed by atoms with Crippen LogP contribution < -0.4 is 10.6 Å². The van der Waals surface area contributed by atoms with Crippen LogP contribution >= 0.6 is 11.6 Å². The number of alkyl halides is 1. The number of rotatable bonds is 6. The molecule has 0 saturated heterocycles. The van der Waals surface area contributed by atoms with Gasteiger partial charge in [0, 0.05) is 24.5 Å². The van der Waals surface area contributed by atoms with Crippen LogP contribution in [0.25, 0.3) is 0 Å². The summed E-state index contributed by atoms with van der Waals surface area (Å²) in [4.78, 5) is 23.9. The number of benzene rings is 1. The average Bonchev–Trinajstić information content (AvgIpc) is 2.50. The van der Waals surface area contributed by atoms with Gasteiger partial charge in [-0.15, -0.1) is 11.6 Å². The highest BCUT2D eigenvalue weighted by Crippen LogP contribution is 2.22. The molecule has 23 heavy (non-hydrogen) atoms. The van der Waals surface area contributed by atoms with Crippen molar-refractivity contribution in [1.82, 2.24) is 10.6 Å². The summed E-state index contributed by atoms with van der Waals surface area (Å²) in [6, 6.07) is 7.59. The zero-order valence-corrected chi connectivity index (χ0v) is 15.4. The summed E-state index contributed by atoms with van der Waals surface area (Å²) in [6.07, 6.45) is 0. The van der Waals surface area contributed by atoms with Gasteiger partial charge in [0.05, 0.1) is 5.41 Å². The first kappa shape index (κ1) is 19.5. The summed E-state index contributed by atoms with van der Waals surface area (Å²) in [6.45, 7) is 10.7. The molecule has 1 aromatic carbocycles. The first-order valence-electron chi connectivity index (χ1n) is 7.81. The third-order valence-electron chi connectivity index (χ3n) is 3.66. The molecule has 0 aliphatic heterocycles. The third kappa shape index (κ3) is 5.87. The molecule has 1 aromatic rings. The van der Waals surface area contributed by atoms with Crippen LogP contribution in [0, 0.1) is 5.41 Å². The van der Waals surface area contributed by atoms with Gasteiger partial charge < -0.3 is 10.6 Å². The largest absolute Gasteiger partial charge is 0.354 e. The molecule has 2 N–H and O–H groups in total. The molecule has 4 nitrogen and oxygen atoms in total. The van der Waals surface area contributed by atoms with Gasteiger partial charge in [0.25, 0.3) is 5.91 Å². The number of nitrogens with one attached hydrogen (secondary N) is 2. The molecule has 0 heterocycles. The molecule has 0 bridgehead atoms. The van der Waals surface area contributed by atoms with Crippen molar-refractivity contribution in [3.63, 3.8) is 0 Å². The van der Waals surface area contributed by atoms with E-state index in [2.05, 4.69) is 31.4 Å². The van der Waals surface area contributed by atoms with Gasteiger partial charge in [-0.3, -0.25) is 9.59 Å². The SMILES string of the molecule is CC(C)(CCl)C(=O)NCCNC(=O)c1ccc(C(C)(C)C)cc1. The Balaban J connectivity index is 2.44. The molecule has 0 unspecified atom stereocenters. The summed E-state index contributed by atoms with van der Waals surface area (Å²) in [5, 5.41) is 5.57. The fourth-order valence-electron chi connectivity index (χ4n) is 1.88. The van der Waals surface area contributed by atoms with Gasteiger partial charge in [0.2, 0.25) is 5.91 Å². The van der Waals surface area contributed by atoms with E-state index in [9.17, 15) is 9.59 Å². The van der Waals surface area contributed by atoms with E-state index in [-0.39, 0.29) is 23.1 Å². The van der Waals surface area contributed by atoms with E-state index in [4.69, 9.17) is 11.6 Å². The predicted octanol–water partition coefficient (Wildman–Crippen LogP) is 3.10. The summed E-state index contributed by atoms with van der Waals surface area (Å²) in [5.41, 5.74) is 1.26. The number of halogens is 1. The molecular formula is C18H27ClN2O2. The van der Waals surface area contributed by atoms with E-state index in [1.54, 1.807) is 13.8 Å². The van der Waals surface area contributed by atoms with Crippen LogP contribution in [0.15, 0.2) is 24.3 Å². The highest BCUT2D eigenvalue weighted by molar-refractivity contribution is 6.19. The second-order valence-electron chi connectivity index (χ2n) is 7.36. The van der Waals surface area contributed by atoms with Gasteiger partial charge in [-0.25, -0.2) is 0 Å². The number of amides is 2. The molecular weight excluding hydrogens is 312 g/mol. The van der Waals surface area contributed by atoms with Crippen molar-refractivity contribution in [2.75, 3.05) is 19.0 Å². The van der Waals surface area contributed by atoms with Gasteiger partial charge in [0.1, 0.15) is 0 Å². The van der Waals surface area contributed by atoms with Gasteiger partial charge in [-0.1, -0.05) is 32.9 Å². The second-order valence-corrected chi connectivity index (χ2v) is 7.62. The fraction of sp³-hybridized carbons (Fsp3) is 0.556. The summed E-state index contributed by atoms with van der Waals surface area (Å²) in [5.74, 6) is -0.00158. The van der Waals surface area contributed by atoms with E-state index in [1.807, 2.05) is 24.3 Å². The molecule has 5 heteroatoms. The van der Waals surface area contributed by atoms with Crippen LogP contribution in [0.3, 0.4) is 0 Å². The van der Waals surface area contributed by atoms with E-state index < -0.39 is 5.41 Å². The maximum absolute atomic E-state index is 12.1. The van der Waals surface area contributed by atoms with Crippen molar-refractivity contribution < 1.29 is 9.59 Å². The monoisotopic (exact) mass is 338 g/mol. The minimum absolute atomic E-state index is 0.0640. The lowest BCUT2D eigenvalue weighted by Crippen LogP contribution is -2.41. The smallest absolute Gasteiger partial charge is 0.251 e. The average molecular weight is 339 g/mol. The van der Waals surface area contributed by atoms with Crippen LogP contribution in [-0.2, 0) is 10.2 Å². The van der Waals surface area contributed by atoms with Crippen LogP contribution in [0.1, 0.15) is 50.5 Å². The maximum atomic E-state index is 12.1. The summed E-state index contributed by atoms with van der Waals surface area (Å²) in [7, 11) is 0. The lowest BCUT2D eigenvalue weighted by molar-refractivity contribution is -0.128. The fourth-order valence-corrected chi connectivity index (χ4v) is 2.00. The molecule has 0 radical (unpaired) electrons. The minimum Gasteiger partial charge on any atom is -0.354 e. The Labute approximate surface area is 144 Å². The number of hydrogen-bond donors (Lipinski definition) is 2. The van der Waals surface area contributed by atoms with Gasteiger partial charge >= 0.3 is 0 Å². The molecule has 1 rings (SSSR count). The van der Waals surface area contributed by atoms with Crippen molar-refractivity contribution in [3.8, 4) is 0 Å². The molecule has 0 spiro atoms. The molecule has 0 saturated carbocycles. The van der Waals surface area contributed by atoms with Crippen molar-refractivity contribution in [2.24, 2.45) is 5.41 Å². The quantitative estimate of drug-likeness (QED) is 0.618. The molecule has 128 valence electrons. The summed E-state index contributed by atoms with van der Waals surface area (Å²) >= 11 is 5.75. The van der Waals surface area contributed by atoms with Crippen molar-refractivity contribution in [1.29, 1.82) is 0 Å². The number of carbonyl (C=O) groups excluding carboxylic acids is 2. The van der Waals surface area contributed by atoms with Gasteiger partial charge in [0.15, 0.2) is 0 Å². The number of hydrogen-bond acceptors (Lipinski definition) is 2. The minimum atomic E-state index is -0.603. The Hall–Kier alpha value is -1.55. The van der Waals surface area contributed by atoms with E-state index in [0.29, 0.717) is 18.7 Å². The Morgan fingerprint density at radius 3 is 1.96 bits per heavy atom. The lowest BCUT2D eigenvalue weighted by Gasteiger charge is -2.20. The highest BCUT2D eigenvalue weighted by atomic mass is 35.5. The molecule has 2 amide bonds. The van der Waals surface area contributed by atoms with Crippen LogP contribution in [0.2, 0.25) is 0 Å². The lowest BCUT2D eigenvalue weighted by atomic mass is 9.87. The first-order chi connectivity index (χ1) is 10.6. The van der Waals surface area contributed by atoms with Crippen LogP contribution in [0.5, 0.6) is 0 Å². The standard InChI is InChI=1S/C18H27ClN2O2/c1-17(2,3)14-8-6-13(7-9-14)15(22)20-10-11-21-16(23)18(4,5)12-19/h6-9H,10-12H2,1-5H3,(H,20,22)(H,21,23). The van der Waals surface area contributed by atoms with Crippen molar-refractivity contribution in [2.45, 2.75) is 40.0 Å². The van der Waals surface area contributed by atoms with Crippen LogP contribution in [0.4, 0.5) is 0 Å². The summed E-state index contributed by atoms with van der Waals surface area (Å²) < 4.78 is 0. The van der Waals surface area contributed by atoms with Crippen LogP contribution in [-0.4, -0.2) is 30.8 Å². The van der Waals surface area contributed by atoms with Crippen molar-refractivity contribution in [3.05, 3.63) is 35.4 Å². The zero-order valence-electron chi connectivity index (χ0n) is 14.6. The molecule has 0 atom stereocenters. The Bertz CT molecular complexity index is 545. The van der Waals surface area contributed by atoms with Gasteiger partial charge in [-0.05, 0) is 37.0 Å². The zero-order chi connectivity index (χ0) is 17.7. The molecule has 0 aliphatic rings. The Morgan fingerprint density at radius 1 is 0.957 bits per heavy atom. The van der Waals surface area contributed by atoms with E-state index in [1.165, 1.54) is 5.56 Å². The molecule has 0 aliphatic carbocycles. The first-order valence-corrected chi connectivity index (χ1v) is 8.34. The highest BCUT2D eigenvalue weighted by Gasteiger charge is 2.25. The van der Waals surface area contributed by atoms with Crippen molar-refractivity contribution >= 4 is 23.4 Å². The van der Waals surface area contributed by atoms with Gasteiger partial charge in [-0.2, -0.15) is 0 Å². The topological polar surface area (TPSA) is 58.2 Å². The van der Waals surface area contributed by atoms with E-state index in [0.717, 1.165) is 0 Å². The Kier molecular flexibility index (Phi) is 6.63. The third-order valence-corrected chi connectivity index (χ3v) is 4.33. The van der Waals surface area contributed by atoms with E-state index >= 15 is 0 Å². The Morgan fingerprint density at radius 2 is 1.48 bits per heavy atom. The molecule has 0 fully saturated rings. The normalized spacial score (nSPS) is 11.9. The second kappa shape index (κ2) is 7.82. The molecule has 0 aromatic heterocycles. The predicted molar refractivity (Wildman–Crippen MR) is 95.0 cm³/mol. The maximum Gasteiger partial charge on any atom is 0.251 e. The number of carbonyl (C=O) groups is 2.